The molecule has 0 fully saturated rings. The molecule has 0 bridgehead atoms. The van der Waals surface area contributed by atoms with Gasteiger partial charge in [-0.15, -0.1) is 0 Å². The minimum atomic E-state index is -4.71. The van der Waals surface area contributed by atoms with E-state index >= 15 is 0 Å². The number of halogens is 4. The number of hydrogen-bond acceptors (Lipinski definition) is 5. The molecule has 3 N–H and O–H groups in total. The zero-order valence-electron chi connectivity index (χ0n) is 13.4. The topological polar surface area (TPSA) is 92.2 Å². The number of pyridine rings is 1. The fraction of sp³-hybridized carbons (Fsp3) is 0.294. The SMILES string of the molecule is N#Cc1ccc(C(F)(F)F)nc1O[C@H](C[C@H](N)CO)c1ccc(F)cc1. The van der Waals surface area contributed by atoms with Crippen molar-refractivity contribution in [1.29, 1.82) is 5.26 Å². The van der Waals surface area contributed by atoms with Crippen molar-refractivity contribution >= 4 is 0 Å². The highest BCUT2D eigenvalue weighted by Gasteiger charge is 2.34. The lowest BCUT2D eigenvalue weighted by molar-refractivity contribution is -0.141. The highest BCUT2D eigenvalue weighted by Crippen LogP contribution is 2.32. The number of nitrogens with zero attached hydrogens (tertiary/aromatic N) is 2. The Labute approximate surface area is 146 Å². The first-order valence-corrected chi connectivity index (χ1v) is 7.51. The molecule has 2 rings (SSSR count). The van der Waals surface area contributed by atoms with Crippen molar-refractivity contribution in [3.8, 4) is 11.9 Å². The third-order valence-electron chi connectivity index (χ3n) is 3.52. The molecular weight excluding hydrogens is 354 g/mol. The molecule has 26 heavy (non-hydrogen) atoms. The molecule has 1 aromatic carbocycles. The molecule has 0 spiro atoms. The third-order valence-corrected chi connectivity index (χ3v) is 3.52. The number of aliphatic hydroxyl groups is 1. The van der Waals surface area contributed by atoms with Gasteiger partial charge >= 0.3 is 6.18 Å². The van der Waals surface area contributed by atoms with E-state index in [-0.39, 0.29) is 18.6 Å². The number of rotatable bonds is 6. The number of aromatic nitrogens is 1. The van der Waals surface area contributed by atoms with Crippen LogP contribution in [-0.4, -0.2) is 22.7 Å². The highest BCUT2D eigenvalue weighted by molar-refractivity contribution is 5.39. The second-order valence-electron chi connectivity index (χ2n) is 5.50. The van der Waals surface area contributed by atoms with Gasteiger partial charge in [-0.05, 0) is 29.8 Å². The van der Waals surface area contributed by atoms with Gasteiger partial charge in [-0.3, -0.25) is 0 Å². The molecule has 5 nitrogen and oxygen atoms in total. The quantitative estimate of drug-likeness (QED) is 0.764. The van der Waals surface area contributed by atoms with Gasteiger partial charge in [0.05, 0.1) is 6.61 Å². The van der Waals surface area contributed by atoms with Gasteiger partial charge in [0, 0.05) is 12.5 Å². The lowest BCUT2D eigenvalue weighted by Crippen LogP contribution is -2.28. The third kappa shape index (κ3) is 4.91. The van der Waals surface area contributed by atoms with Gasteiger partial charge in [-0.25, -0.2) is 9.37 Å². The second kappa shape index (κ2) is 8.12. The van der Waals surface area contributed by atoms with Crippen molar-refractivity contribution in [1.82, 2.24) is 4.98 Å². The molecular formula is C17H15F4N3O2. The smallest absolute Gasteiger partial charge is 0.433 e. The Morgan fingerprint density at radius 3 is 2.38 bits per heavy atom. The van der Waals surface area contributed by atoms with Gasteiger partial charge in [-0.1, -0.05) is 12.1 Å². The number of nitriles is 1. The van der Waals surface area contributed by atoms with Gasteiger partial charge in [0.15, 0.2) is 0 Å². The summed E-state index contributed by atoms with van der Waals surface area (Å²) >= 11 is 0. The summed E-state index contributed by atoms with van der Waals surface area (Å²) in [5.74, 6) is -1.02. The van der Waals surface area contributed by atoms with Crippen molar-refractivity contribution in [2.75, 3.05) is 6.61 Å². The summed E-state index contributed by atoms with van der Waals surface area (Å²) in [7, 11) is 0. The van der Waals surface area contributed by atoms with Crippen LogP contribution in [0.4, 0.5) is 17.6 Å². The Kier molecular flexibility index (Phi) is 6.13. The van der Waals surface area contributed by atoms with E-state index in [0.29, 0.717) is 11.6 Å². The molecule has 138 valence electrons. The van der Waals surface area contributed by atoms with Crippen LogP contribution >= 0.6 is 0 Å². The van der Waals surface area contributed by atoms with Gasteiger partial charge in [0.1, 0.15) is 29.2 Å². The summed E-state index contributed by atoms with van der Waals surface area (Å²) in [6.45, 7) is -0.387. The maximum absolute atomic E-state index is 13.1. The average Bonchev–Trinajstić information content (AvgIpc) is 2.60. The summed E-state index contributed by atoms with van der Waals surface area (Å²) in [5.41, 5.74) is 4.71. The molecule has 0 aliphatic carbocycles. The fourth-order valence-corrected chi connectivity index (χ4v) is 2.19. The maximum Gasteiger partial charge on any atom is 0.433 e. The number of aliphatic hydroxyl groups excluding tert-OH is 1. The molecule has 0 aliphatic heterocycles. The lowest BCUT2D eigenvalue weighted by atomic mass is 10.0. The monoisotopic (exact) mass is 369 g/mol. The molecule has 0 saturated carbocycles. The Morgan fingerprint density at radius 2 is 1.85 bits per heavy atom. The maximum atomic E-state index is 13.1. The molecule has 0 radical (unpaired) electrons. The molecule has 2 atom stereocenters. The van der Waals surface area contributed by atoms with Gasteiger partial charge in [0.2, 0.25) is 5.88 Å². The number of nitrogens with two attached hydrogens (primary N) is 1. The van der Waals surface area contributed by atoms with Crippen molar-refractivity contribution < 1.29 is 27.4 Å². The van der Waals surface area contributed by atoms with Crippen LogP contribution in [-0.2, 0) is 6.18 Å². The minimum absolute atomic E-state index is 0.0188. The Morgan fingerprint density at radius 1 is 1.19 bits per heavy atom. The van der Waals surface area contributed by atoms with Crippen LogP contribution in [0.3, 0.4) is 0 Å². The van der Waals surface area contributed by atoms with Crippen LogP contribution in [0.25, 0.3) is 0 Å². The van der Waals surface area contributed by atoms with E-state index in [0.717, 1.165) is 18.2 Å². The van der Waals surface area contributed by atoms with Gasteiger partial charge in [0.25, 0.3) is 0 Å². The second-order valence-corrected chi connectivity index (χ2v) is 5.50. The standard InChI is InChI=1S/C17H15F4N3O2/c18-12-4-1-10(2-5-12)14(7-13(23)9-25)26-16-11(8-22)3-6-15(24-16)17(19,20)21/h1-6,13-14,25H,7,9,23H2/t13-,14+/m0/s1. The van der Waals surface area contributed by atoms with Crippen LogP contribution < -0.4 is 10.5 Å². The normalized spacial score (nSPS) is 13.7. The first-order chi connectivity index (χ1) is 12.2. The first kappa shape index (κ1) is 19.6. The van der Waals surface area contributed by atoms with Crippen LogP contribution in [0.15, 0.2) is 36.4 Å². The molecule has 0 saturated heterocycles. The summed E-state index contributed by atoms with van der Waals surface area (Å²) in [6, 6.07) is 7.68. The first-order valence-electron chi connectivity index (χ1n) is 7.51. The predicted octanol–water partition coefficient (Wildman–Crippen LogP) is 2.94. The van der Waals surface area contributed by atoms with E-state index in [1.54, 1.807) is 6.07 Å². The Hall–Kier alpha value is -2.70. The number of ether oxygens (including phenoxy) is 1. The van der Waals surface area contributed by atoms with E-state index in [9.17, 15) is 17.6 Å². The van der Waals surface area contributed by atoms with Crippen LogP contribution in [0.2, 0.25) is 0 Å². The summed E-state index contributed by atoms with van der Waals surface area (Å²) in [6.07, 6.45) is -5.62. The highest BCUT2D eigenvalue weighted by atomic mass is 19.4. The zero-order chi connectivity index (χ0) is 19.3. The van der Waals surface area contributed by atoms with Gasteiger partial charge in [-0.2, -0.15) is 18.4 Å². The van der Waals surface area contributed by atoms with E-state index in [1.165, 1.54) is 12.1 Å². The summed E-state index contributed by atoms with van der Waals surface area (Å²) in [5, 5.41) is 18.2. The minimum Gasteiger partial charge on any atom is -0.468 e. The molecule has 0 aliphatic rings. The zero-order valence-corrected chi connectivity index (χ0v) is 13.4. The van der Waals surface area contributed by atoms with E-state index in [1.807, 2.05) is 0 Å². The van der Waals surface area contributed by atoms with Crippen molar-refractivity contribution in [2.24, 2.45) is 5.73 Å². The van der Waals surface area contributed by atoms with Crippen LogP contribution in [0, 0.1) is 17.1 Å². The van der Waals surface area contributed by atoms with Crippen molar-refractivity contribution in [3.05, 3.63) is 59.0 Å². The largest absolute Gasteiger partial charge is 0.468 e. The lowest BCUT2D eigenvalue weighted by Gasteiger charge is -2.22. The number of hydrogen-bond donors (Lipinski definition) is 2. The Balaban J connectivity index is 2.41. The van der Waals surface area contributed by atoms with E-state index < -0.39 is 35.7 Å². The molecule has 1 heterocycles. The fourth-order valence-electron chi connectivity index (χ4n) is 2.19. The number of benzene rings is 1. The molecule has 2 aromatic rings. The van der Waals surface area contributed by atoms with Crippen LogP contribution in [0.1, 0.15) is 29.3 Å². The summed E-state index contributed by atoms with van der Waals surface area (Å²) in [4.78, 5) is 3.38. The molecule has 9 heteroatoms. The summed E-state index contributed by atoms with van der Waals surface area (Å²) < 4.78 is 57.3. The predicted molar refractivity (Wildman–Crippen MR) is 83.4 cm³/mol. The van der Waals surface area contributed by atoms with Crippen molar-refractivity contribution in [3.63, 3.8) is 0 Å². The molecule has 0 unspecified atom stereocenters. The van der Waals surface area contributed by atoms with E-state index in [2.05, 4.69) is 4.98 Å². The molecule has 1 aromatic heterocycles. The molecule has 0 amide bonds. The van der Waals surface area contributed by atoms with Crippen molar-refractivity contribution in [2.45, 2.75) is 24.7 Å². The Bertz CT molecular complexity index is 788. The van der Waals surface area contributed by atoms with Crippen LogP contribution in [0.5, 0.6) is 5.88 Å². The van der Waals surface area contributed by atoms with Gasteiger partial charge < -0.3 is 15.6 Å². The van der Waals surface area contributed by atoms with E-state index in [4.69, 9.17) is 20.8 Å². The average molecular weight is 369 g/mol. The number of alkyl halides is 3.